The molecule has 1 aliphatic heterocycles. The Kier molecular flexibility index (Phi) is 26.8. The largest absolute Gasteiger partial charge is 0.480 e. The second-order valence-corrected chi connectivity index (χ2v) is 17.6. The molecule has 1 rings (SSSR count). The number of aliphatic carboxylic acids is 1. The molecule has 0 bridgehead atoms. The van der Waals surface area contributed by atoms with E-state index in [1.165, 1.54) is 18.7 Å². The van der Waals surface area contributed by atoms with Crippen LogP contribution in [0.3, 0.4) is 0 Å². The second-order valence-electron chi connectivity index (χ2n) is 17.6. The van der Waals surface area contributed by atoms with Crippen molar-refractivity contribution in [1.82, 2.24) is 47.4 Å². The van der Waals surface area contributed by atoms with E-state index in [2.05, 4.69) is 42.5 Å². The van der Waals surface area contributed by atoms with Gasteiger partial charge in [0, 0.05) is 32.2 Å². The number of amides is 13. The molecule has 71 heavy (non-hydrogen) atoms. The zero-order valence-corrected chi connectivity index (χ0v) is 40.3. The summed E-state index contributed by atoms with van der Waals surface area (Å²) in [7, 11) is 0. The lowest BCUT2D eigenvalue weighted by atomic mass is 10.0. The van der Waals surface area contributed by atoms with Gasteiger partial charge in [0.25, 0.3) is 0 Å². The van der Waals surface area contributed by atoms with Crippen LogP contribution in [-0.2, 0) is 67.1 Å². The first-order chi connectivity index (χ1) is 33.1. The minimum atomic E-state index is -1.60. The molecular formula is C42H70N14O15. The van der Waals surface area contributed by atoms with Gasteiger partial charge in [-0.1, -0.05) is 27.7 Å². The molecule has 0 unspecified atom stereocenters. The van der Waals surface area contributed by atoms with Crippen LogP contribution in [0.25, 0.3) is 0 Å². The average Bonchev–Trinajstić information content (AvgIpc) is 3.78. The molecule has 0 aliphatic carbocycles. The normalized spacial score (nSPS) is 15.6. The van der Waals surface area contributed by atoms with Gasteiger partial charge in [0.2, 0.25) is 76.8 Å². The van der Waals surface area contributed by atoms with Crippen LogP contribution in [-0.4, -0.2) is 161 Å². The number of carboxylic acid groups (broad SMARTS) is 1. The number of primary amides is 4. The van der Waals surface area contributed by atoms with Gasteiger partial charge in [-0.2, -0.15) is 0 Å². The lowest BCUT2D eigenvalue weighted by Gasteiger charge is -2.27. The molecule has 29 nitrogen and oxygen atoms in total. The number of nitrogens with zero attached hydrogens (tertiary/aromatic N) is 1. The van der Waals surface area contributed by atoms with Gasteiger partial charge in [-0.05, 0) is 56.8 Å². The van der Waals surface area contributed by atoms with Crippen molar-refractivity contribution < 1.29 is 72.2 Å². The number of likely N-dealkylation sites (tertiary alicyclic amines) is 1. The maximum atomic E-state index is 13.6. The Balaban J connectivity index is 3.07. The number of hydrogen-bond donors (Lipinski definition) is 14. The number of carbonyl (C=O) groups excluding carboxylic acids is 13. The highest BCUT2D eigenvalue weighted by molar-refractivity contribution is 5.97. The lowest BCUT2D eigenvalue weighted by molar-refractivity contribution is -0.143. The fourth-order valence-corrected chi connectivity index (χ4v) is 6.91. The average molecular weight is 1010 g/mol. The first kappa shape index (κ1) is 61.6. The third-order valence-electron chi connectivity index (χ3n) is 10.7. The highest BCUT2D eigenvalue weighted by atomic mass is 16.4. The van der Waals surface area contributed by atoms with Crippen LogP contribution in [0.5, 0.6) is 0 Å². The molecule has 29 heteroatoms. The molecule has 19 N–H and O–H groups in total. The fraction of sp³-hybridized carbons (Fsp3) is 0.667. The Morgan fingerprint density at radius 1 is 0.535 bits per heavy atom. The van der Waals surface area contributed by atoms with E-state index in [9.17, 15) is 72.2 Å². The van der Waals surface area contributed by atoms with Crippen molar-refractivity contribution in [3.63, 3.8) is 0 Å². The first-order valence-electron chi connectivity index (χ1n) is 22.9. The van der Waals surface area contributed by atoms with Crippen LogP contribution in [0.1, 0.15) is 98.3 Å². The van der Waals surface area contributed by atoms with Gasteiger partial charge >= 0.3 is 5.97 Å². The summed E-state index contributed by atoms with van der Waals surface area (Å²) < 4.78 is 0. The zero-order valence-electron chi connectivity index (χ0n) is 40.3. The van der Waals surface area contributed by atoms with E-state index in [-0.39, 0.29) is 44.6 Å². The van der Waals surface area contributed by atoms with Gasteiger partial charge in [0.15, 0.2) is 0 Å². The smallest absolute Gasteiger partial charge is 0.326 e. The number of hydrogen-bond acceptors (Lipinski definition) is 15. The molecule has 1 saturated heterocycles. The van der Waals surface area contributed by atoms with Crippen molar-refractivity contribution in [2.45, 2.75) is 141 Å². The first-order valence-corrected chi connectivity index (χ1v) is 22.9. The van der Waals surface area contributed by atoms with Gasteiger partial charge in [0.1, 0.15) is 36.3 Å². The summed E-state index contributed by atoms with van der Waals surface area (Å²) >= 11 is 0. The van der Waals surface area contributed by atoms with Crippen LogP contribution in [0, 0.1) is 11.8 Å². The summed E-state index contributed by atoms with van der Waals surface area (Å²) in [5, 5.41) is 28.2. The standard InChI is InChI=1S/C42H70N14O15/c1-20(2)16-26(54-41(69)27-6-5-15-56(27)34(63)19-50-36(64)22(43)7-11-28(44)57)38(66)49-18-33(62)51-24(9-13-30(46)59)39(67)53-23(8-12-29(45)58)37(65)48-17-32(61)52-25(10-14-31(47)60)40(68)55-35(21(3)4)42(70)71/h20-27,35H,5-19,43H2,1-4H3,(H2,44,57)(H2,45,58)(H2,46,59)(H2,47,60)(H,48,65)(H,49,66)(H,50,64)(H,51,62)(H,52,61)(H,53,67)(H,54,69)(H,55,68)(H,70,71)/t22-,23-,24-,25-,26-,27-,35-/m0/s1. The van der Waals surface area contributed by atoms with Crippen molar-refractivity contribution in [3.8, 4) is 0 Å². The molecule has 398 valence electrons. The Labute approximate surface area is 409 Å². The van der Waals surface area contributed by atoms with E-state index >= 15 is 0 Å². The third-order valence-corrected chi connectivity index (χ3v) is 10.7. The maximum absolute atomic E-state index is 13.6. The molecule has 1 aliphatic rings. The predicted molar refractivity (Wildman–Crippen MR) is 247 cm³/mol. The molecule has 0 aromatic rings. The minimum absolute atomic E-state index is 0.0428. The molecule has 0 saturated carbocycles. The number of carboxylic acids is 1. The van der Waals surface area contributed by atoms with E-state index in [1.54, 1.807) is 13.8 Å². The van der Waals surface area contributed by atoms with Gasteiger partial charge in [0.05, 0.1) is 25.7 Å². The molecule has 0 radical (unpaired) electrons. The molecule has 0 spiro atoms. The van der Waals surface area contributed by atoms with Gasteiger partial charge < -0.3 is 81.2 Å². The predicted octanol–water partition coefficient (Wildman–Crippen LogP) is -7.07. The van der Waals surface area contributed by atoms with Crippen LogP contribution >= 0.6 is 0 Å². The molecule has 7 atom stereocenters. The Morgan fingerprint density at radius 3 is 1.39 bits per heavy atom. The van der Waals surface area contributed by atoms with Gasteiger partial charge in [-0.3, -0.25) is 62.3 Å². The molecule has 13 amide bonds. The number of nitrogens with two attached hydrogens (primary N) is 5. The van der Waals surface area contributed by atoms with E-state index in [0.717, 1.165) is 0 Å². The van der Waals surface area contributed by atoms with E-state index in [4.69, 9.17) is 28.7 Å². The van der Waals surface area contributed by atoms with Crippen LogP contribution < -0.4 is 71.2 Å². The van der Waals surface area contributed by atoms with Crippen molar-refractivity contribution in [1.29, 1.82) is 0 Å². The van der Waals surface area contributed by atoms with Crippen LogP contribution in [0.15, 0.2) is 0 Å². The molecule has 1 heterocycles. The zero-order chi connectivity index (χ0) is 54.1. The van der Waals surface area contributed by atoms with Crippen LogP contribution in [0.2, 0.25) is 0 Å². The summed E-state index contributed by atoms with van der Waals surface area (Å²) in [5.41, 5.74) is 26.6. The monoisotopic (exact) mass is 1010 g/mol. The van der Waals surface area contributed by atoms with Crippen LogP contribution in [0.4, 0.5) is 0 Å². The Morgan fingerprint density at radius 2 is 0.958 bits per heavy atom. The summed E-state index contributed by atoms with van der Waals surface area (Å²) in [6.45, 7) is 4.61. The second kappa shape index (κ2) is 30.9. The van der Waals surface area contributed by atoms with Gasteiger partial charge in [-0.15, -0.1) is 0 Å². The van der Waals surface area contributed by atoms with Crippen molar-refractivity contribution in [3.05, 3.63) is 0 Å². The highest BCUT2D eigenvalue weighted by Gasteiger charge is 2.37. The van der Waals surface area contributed by atoms with Gasteiger partial charge in [-0.25, -0.2) is 4.79 Å². The number of rotatable bonds is 33. The van der Waals surface area contributed by atoms with E-state index in [1.807, 2.05) is 0 Å². The van der Waals surface area contributed by atoms with Crippen molar-refractivity contribution in [2.24, 2.45) is 40.5 Å². The van der Waals surface area contributed by atoms with E-state index in [0.29, 0.717) is 6.42 Å². The maximum Gasteiger partial charge on any atom is 0.326 e. The Hall–Kier alpha value is -7.46. The summed E-state index contributed by atoms with van der Waals surface area (Å²) in [6.07, 6.45) is -1.97. The van der Waals surface area contributed by atoms with Crippen molar-refractivity contribution in [2.75, 3.05) is 26.2 Å². The SMILES string of the molecule is CC(C)C[C@H](NC(=O)[C@@H]1CCCN1C(=O)CNC(=O)[C@@H](N)CCC(N)=O)C(=O)NCC(=O)N[C@@H](CCC(N)=O)C(=O)N[C@@H](CCC(N)=O)C(=O)NCC(=O)N[C@@H](CCC(N)=O)C(=O)N[C@H](C(=O)O)C(C)C. The number of nitrogens with one attached hydrogen (secondary N) is 8. The Bertz CT molecular complexity index is 1980. The van der Waals surface area contributed by atoms with E-state index < -0.39 is 183 Å². The molecule has 0 aromatic carbocycles. The summed E-state index contributed by atoms with van der Waals surface area (Å²) in [5.74, 6) is -13.3. The molecule has 1 fully saturated rings. The lowest BCUT2D eigenvalue weighted by Crippen LogP contribution is -2.57. The summed E-state index contributed by atoms with van der Waals surface area (Å²) in [6, 6.07) is -9.36. The van der Waals surface area contributed by atoms with Crippen molar-refractivity contribution >= 4 is 82.8 Å². The summed E-state index contributed by atoms with van der Waals surface area (Å²) in [4.78, 5) is 177. The topological polar surface area (TPSA) is 489 Å². The third kappa shape index (κ3) is 24.1. The molecular weight excluding hydrogens is 941 g/mol. The quantitative estimate of drug-likeness (QED) is 0.0291. The highest BCUT2D eigenvalue weighted by Crippen LogP contribution is 2.18. The number of carbonyl (C=O) groups is 14. The molecule has 0 aromatic heterocycles. The minimum Gasteiger partial charge on any atom is -0.480 e. The fourth-order valence-electron chi connectivity index (χ4n) is 6.91.